The Balaban J connectivity index is 2.14. The number of nitro benzene ring substituents is 1. The van der Waals surface area contributed by atoms with Gasteiger partial charge in [0.15, 0.2) is 5.75 Å². The van der Waals surface area contributed by atoms with Gasteiger partial charge < -0.3 is 14.6 Å². The lowest BCUT2D eigenvalue weighted by atomic mass is 10.2. The van der Waals surface area contributed by atoms with Crippen LogP contribution >= 0.6 is 0 Å². The Kier molecular flexibility index (Phi) is 4.19. The second kappa shape index (κ2) is 6.05. The number of ether oxygens (including phenoxy) is 1. The summed E-state index contributed by atoms with van der Waals surface area (Å²) in [6.07, 6.45) is 3.58. The van der Waals surface area contributed by atoms with E-state index in [-0.39, 0.29) is 11.4 Å². The summed E-state index contributed by atoms with van der Waals surface area (Å²) in [5, 5.41) is 14.1. The zero-order chi connectivity index (χ0) is 14.5. The summed E-state index contributed by atoms with van der Waals surface area (Å²) in [4.78, 5) is 14.6. The molecule has 0 aliphatic rings. The zero-order valence-corrected chi connectivity index (χ0v) is 11.4. The molecule has 0 radical (unpaired) electrons. The third-order valence-corrected chi connectivity index (χ3v) is 2.83. The van der Waals surface area contributed by atoms with E-state index in [1.54, 1.807) is 25.3 Å². The summed E-state index contributed by atoms with van der Waals surface area (Å²) >= 11 is 0. The topological polar surface area (TPSA) is 82.2 Å². The van der Waals surface area contributed by atoms with Crippen molar-refractivity contribution in [2.75, 3.05) is 11.9 Å². The van der Waals surface area contributed by atoms with E-state index in [1.807, 2.05) is 17.8 Å². The van der Waals surface area contributed by atoms with Crippen molar-refractivity contribution in [2.45, 2.75) is 13.5 Å². The van der Waals surface area contributed by atoms with Gasteiger partial charge in [0.1, 0.15) is 5.82 Å². The van der Waals surface area contributed by atoms with Gasteiger partial charge in [0.2, 0.25) is 0 Å². The van der Waals surface area contributed by atoms with Crippen LogP contribution in [0, 0.1) is 10.1 Å². The predicted molar refractivity (Wildman–Crippen MR) is 74.8 cm³/mol. The van der Waals surface area contributed by atoms with E-state index in [0.29, 0.717) is 13.2 Å². The van der Waals surface area contributed by atoms with Gasteiger partial charge in [0.05, 0.1) is 18.1 Å². The summed E-state index contributed by atoms with van der Waals surface area (Å²) < 4.78 is 7.20. The number of anilines is 1. The molecule has 0 amide bonds. The van der Waals surface area contributed by atoms with Gasteiger partial charge in [-0.2, -0.15) is 0 Å². The maximum Gasteiger partial charge on any atom is 0.311 e. The molecule has 2 rings (SSSR count). The van der Waals surface area contributed by atoms with Gasteiger partial charge in [-0.05, 0) is 13.0 Å². The molecule has 1 aromatic heterocycles. The molecule has 0 aliphatic carbocycles. The molecule has 0 atom stereocenters. The summed E-state index contributed by atoms with van der Waals surface area (Å²) in [7, 11) is 1.91. The highest BCUT2D eigenvalue weighted by Gasteiger charge is 2.15. The maximum atomic E-state index is 10.9. The minimum atomic E-state index is -0.451. The van der Waals surface area contributed by atoms with Crippen LogP contribution < -0.4 is 10.1 Å². The zero-order valence-electron chi connectivity index (χ0n) is 11.4. The van der Waals surface area contributed by atoms with Gasteiger partial charge in [-0.1, -0.05) is 0 Å². The van der Waals surface area contributed by atoms with E-state index in [1.165, 1.54) is 6.07 Å². The maximum absolute atomic E-state index is 10.9. The first-order valence-electron chi connectivity index (χ1n) is 6.23. The Hall–Kier alpha value is -2.57. The molecular weight excluding hydrogens is 260 g/mol. The van der Waals surface area contributed by atoms with E-state index in [9.17, 15) is 10.1 Å². The van der Waals surface area contributed by atoms with Crippen molar-refractivity contribution in [3.05, 3.63) is 46.5 Å². The van der Waals surface area contributed by atoms with Gasteiger partial charge in [0.25, 0.3) is 0 Å². The van der Waals surface area contributed by atoms with Crippen LogP contribution in [0.15, 0.2) is 30.6 Å². The van der Waals surface area contributed by atoms with Crippen LogP contribution in [-0.2, 0) is 13.6 Å². The normalized spacial score (nSPS) is 10.3. The summed E-state index contributed by atoms with van der Waals surface area (Å²) in [5.74, 6) is 1.14. The van der Waals surface area contributed by atoms with Gasteiger partial charge in [0, 0.05) is 37.3 Å². The molecule has 20 heavy (non-hydrogen) atoms. The Morgan fingerprint density at radius 2 is 2.30 bits per heavy atom. The Bertz CT molecular complexity index is 609. The van der Waals surface area contributed by atoms with E-state index >= 15 is 0 Å². The van der Waals surface area contributed by atoms with Crippen molar-refractivity contribution in [3.8, 4) is 5.75 Å². The molecule has 0 saturated heterocycles. The number of nitrogens with one attached hydrogen (secondary N) is 1. The molecule has 0 fully saturated rings. The number of hydrogen-bond acceptors (Lipinski definition) is 5. The lowest BCUT2D eigenvalue weighted by Crippen LogP contribution is -2.06. The highest BCUT2D eigenvalue weighted by atomic mass is 16.6. The molecule has 0 saturated carbocycles. The smallest absolute Gasteiger partial charge is 0.311 e. The monoisotopic (exact) mass is 276 g/mol. The number of benzene rings is 1. The van der Waals surface area contributed by atoms with Crippen molar-refractivity contribution in [1.82, 2.24) is 9.55 Å². The molecule has 7 heteroatoms. The molecule has 1 heterocycles. The van der Waals surface area contributed by atoms with Crippen LogP contribution in [0.3, 0.4) is 0 Å². The van der Waals surface area contributed by atoms with Crippen molar-refractivity contribution >= 4 is 11.4 Å². The van der Waals surface area contributed by atoms with E-state index < -0.39 is 4.92 Å². The Morgan fingerprint density at radius 1 is 1.50 bits per heavy atom. The summed E-state index contributed by atoms with van der Waals surface area (Å²) in [5.41, 5.74) is 0.719. The molecular formula is C13H16N4O3. The average molecular weight is 276 g/mol. The fraction of sp³-hybridized carbons (Fsp3) is 0.308. The number of nitro groups is 1. The highest BCUT2D eigenvalue weighted by molar-refractivity contribution is 5.58. The molecule has 1 N–H and O–H groups in total. The van der Waals surface area contributed by atoms with Gasteiger partial charge in [-0.3, -0.25) is 10.1 Å². The van der Waals surface area contributed by atoms with Crippen LogP contribution in [0.1, 0.15) is 12.7 Å². The Morgan fingerprint density at radius 3 is 2.90 bits per heavy atom. The van der Waals surface area contributed by atoms with Crippen LogP contribution in [0.25, 0.3) is 0 Å². The van der Waals surface area contributed by atoms with E-state index in [2.05, 4.69) is 10.3 Å². The summed E-state index contributed by atoms with van der Waals surface area (Å²) in [6, 6.07) is 4.72. The fourth-order valence-corrected chi connectivity index (χ4v) is 1.79. The highest BCUT2D eigenvalue weighted by Crippen LogP contribution is 2.30. The first-order chi connectivity index (χ1) is 9.61. The average Bonchev–Trinajstić information content (AvgIpc) is 2.82. The van der Waals surface area contributed by atoms with Crippen molar-refractivity contribution < 1.29 is 9.66 Å². The number of imidazole rings is 1. The molecule has 0 unspecified atom stereocenters. The third-order valence-electron chi connectivity index (χ3n) is 2.83. The number of aryl methyl sites for hydroxylation is 1. The molecule has 106 valence electrons. The molecule has 7 nitrogen and oxygen atoms in total. The molecule has 2 aromatic rings. The third kappa shape index (κ3) is 3.05. The van der Waals surface area contributed by atoms with Crippen molar-refractivity contribution in [1.29, 1.82) is 0 Å². The van der Waals surface area contributed by atoms with Crippen LogP contribution in [-0.4, -0.2) is 21.1 Å². The van der Waals surface area contributed by atoms with Crippen molar-refractivity contribution in [3.63, 3.8) is 0 Å². The molecule has 0 aliphatic heterocycles. The minimum absolute atomic E-state index is 0.0330. The standard InChI is InChI=1S/C13H16N4O3/c1-3-20-12-8-10(4-5-11(12)17(18)19)15-9-13-14-6-7-16(13)2/h4-8,15H,3,9H2,1-2H3. The predicted octanol–water partition coefficient (Wildman–Crippen LogP) is 2.34. The van der Waals surface area contributed by atoms with E-state index in [0.717, 1.165) is 11.5 Å². The number of hydrogen-bond donors (Lipinski definition) is 1. The van der Waals surface area contributed by atoms with Gasteiger partial charge >= 0.3 is 5.69 Å². The van der Waals surface area contributed by atoms with Gasteiger partial charge in [-0.15, -0.1) is 0 Å². The lowest BCUT2D eigenvalue weighted by Gasteiger charge is -2.09. The minimum Gasteiger partial charge on any atom is -0.487 e. The lowest BCUT2D eigenvalue weighted by molar-refractivity contribution is -0.385. The van der Waals surface area contributed by atoms with Crippen molar-refractivity contribution in [2.24, 2.45) is 7.05 Å². The van der Waals surface area contributed by atoms with Crippen LogP contribution in [0.2, 0.25) is 0 Å². The summed E-state index contributed by atoms with van der Waals surface area (Å²) in [6.45, 7) is 2.70. The molecule has 0 spiro atoms. The molecule has 0 bridgehead atoms. The first-order valence-corrected chi connectivity index (χ1v) is 6.23. The van der Waals surface area contributed by atoms with Gasteiger partial charge in [-0.25, -0.2) is 4.98 Å². The SMILES string of the molecule is CCOc1cc(NCc2nccn2C)ccc1[N+](=O)[O-]. The van der Waals surface area contributed by atoms with Crippen LogP contribution in [0.4, 0.5) is 11.4 Å². The second-order valence-corrected chi connectivity index (χ2v) is 4.18. The van der Waals surface area contributed by atoms with Crippen LogP contribution in [0.5, 0.6) is 5.75 Å². The number of rotatable bonds is 6. The largest absolute Gasteiger partial charge is 0.487 e. The molecule has 1 aromatic carbocycles. The Labute approximate surface area is 116 Å². The number of nitrogens with zero attached hydrogens (tertiary/aromatic N) is 3. The van der Waals surface area contributed by atoms with E-state index in [4.69, 9.17) is 4.74 Å². The second-order valence-electron chi connectivity index (χ2n) is 4.18. The fourth-order valence-electron chi connectivity index (χ4n) is 1.79. The quantitative estimate of drug-likeness (QED) is 0.646. The first kappa shape index (κ1) is 13.9. The number of aromatic nitrogens is 2.